The van der Waals surface area contributed by atoms with E-state index in [2.05, 4.69) is 11.6 Å². The molecule has 0 saturated carbocycles. The molecule has 0 aliphatic carbocycles. The maximum absolute atomic E-state index is 12.4. The number of sulfonamides is 1. The molecule has 0 unspecified atom stereocenters. The largest absolute Gasteiger partial charge is 0.295 e. The van der Waals surface area contributed by atoms with Crippen LogP contribution in [-0.4, -0.2) is 20.0 Å². The van der Waals surface area contributed by atoms with E-state index in [0.717, 1.165) is 10.6 Å². The minimum absolute atomic E-state index is 0.0761. The Bertz CT molecular complexity index is 768. The Morgan fingerprint density at radius 2 is 1.82 bits per heavy atom. The molecule has 0 amide bonds. The van der Waals surface area contributed by atoms with Gasteiger partial charge in [-0.2, -0.15) is 0 Å². The number of carbonyl (C=O) groups is 1. The van der Waals surface area contributed by atoms with Crippen molar-refractivity contribution in [3.63, 3.8) is 0 Å². The number of carbonyl (C=O) groups excluding carboxylic acids is 1. The first-order valence-corrected chi connectivity index (χ1v) is 9.26. The van der Waals surface area contributed by atoms with E-state index in [9.17, 15) is 13.2 Å². The minimum Gasteiger partial charge on any atom is -0.295 e. The van der Waals surface area contributed by atoms with E-state index in [0.29, 0.717) is 11.3 Å². The van der Waals surface area contributed by atoms with Gasteiger partial charge in [-0.1, -0.05) is 19.1 Å². The highest BCUT2D eigenvalue weighted by Gasteiger charge is 2.15. The van der Waals surface area contributed by atoms with Gasteiger partial charge in [0.1, 0.15) is 0 Å². The lowest BCUT2D eigenvalue weighted by Crippen LogP contribution is -2.13. The molecular weight excluding hydrogens is 318 g/mol. The number of anilines is 1. The monoisotopic (exact) mass is 335 g/mol. The predicted molar refractivity (Wildman–Crippen MR) is 90.1 cm³/mol. The molecule has 0 bridgehead atoms. The predicted octanol–water partition coefficient (Wildman–Crippen LogP) is 3.80. The second kappa shape index (κ2) is 6.98. The van der Waals surface area contributed by atoms with Gasteiger partial charge in [-0.05, 0) is 49.1 Å². The van der Waals surface area contributed by atoms with Gasteiger partial charge in [0.25, 0.3) is 10.0 Å². The van der Waals surface area contributed by atoms with Crippen LogP contribution in [0.15, 0.2) is 58.3 Å². The van der Waals surface area contributed by atoms with Crippen LogP contribution in [0.3, 0.4) is 0 Å². The number of hydrogen-bond acceptors (Lipinski definition) is 4. The zero-order valence-electron chi connectivity index (χ0n) is 12.4. The van der Waals surface area contributed by atoms with Gasteiger partial charge in [0, 0.05) is 16.1 Å². The lowest BCUT2D eigenvalue weighted by molar-refractivity contribution is 0.101. The Morgan fingerprint density at radius 1 is 1.14 bits per heavy atom. The van der Waals surface area contributed by atoms with Gasteiger partial charge >= 0.3 is 0 Å². The van der Waals surface area contributed by atoms with Crippen molar-refractivity contribution >= 4 is 33.3 Å². The molecule has 0 heterocycles. The van der Waals surface area contributed by atoms with E-state index < -0.39 is 10.0 Å². The van der Waals surface area contributed by atoms with Crippen molar-refractivity contribution in [2.75, 3.05) is 10.5 Å². The van der Waals surface area contributed by atoms with Gasteiger partial charge in [-0.25, -0.2) is 8.42 Å². The molecule has 2 rings (SSSR count). The molecule has 0 radical (unpaired) electrons. The summed E-state index contributed by atoms with van der Waals surface area (Å²) >= 11 is 1.69. The van der Waals surface area contributed by atoms with Gasteiger partial charge in [0.15, 0.2) is 5.78 Å². The Labute approximate surface area is 135 Å². The molecule has 0 saturated heterocycles. The molecule has 0 aliphatic heterocycles. The van der Waals surface area contributed by atoms with Crippen LogP contribution in [0.5, 0.6) is 0 Å². The van der Waals surface area contributed by atoms with E-state index in [-0.39, 0.29) is 10.7 Å². The first-order valence-electron chi connectivity index (χ1n) is 6.79. The third-order valence-corrected chi connectivity index (χ3v) is 5.24. The van der Waals surface area contributed by atoms with E-state index in [1.165, 1.54) is 19.1 Å². The van der Waals surface area contributed by atoms with Gasteiger partial charge in [0.2, 0.25) is 0 Å². The standard InChI is InChI=1S/C16H17NO3S2/c1-3-21-15-9-7-14(8-10-15)17-22(19,20)16-6-4-5-13(11-16)12(2)18/h4-11,17H,3H2,1-2H3. The fraction of sp³-hybridized carbons (Fsp3) is 0.188. The SMILES string of the molecule is CCSc1ccc(NS(=O)(=O)c2cccc(C(C)=O)c2)cc1. The molecule has 0 spiro atoms. The van der Waals surface area contributed by atoms with E-state index in [4.69, 9.17) is 0 Å². The summed E-state index contributed by atoms with van der Waals surface area (Å²) in [5.41, 5.74) is 0.867. The van der Waals surface area contributed by atoms with Gasteiger partial charge < -0.3 is 0 Å². The van der Waals surface area contributed by atoms with Gasteiger partial charge in [0.05, 0.1) is 4.90 Å². The lowest BCUT2D eigenvalue weighted by Gasteiger charge is -2.09. The zero-order valence-corrected chi connectivity index (χ0v) is 14.0. The van der Waals surface area contributed by atoms with Crippen molar-refractivity contribution < 1.29 is 13.2 Å². The Morgan fingerprint density at radius 3 is 2.41 bits per heavy atom. The molecule has 4 nitrogen and oxygen atoms in total. The van der Waals surface area contributed by atoms with Crippen molar-refractivity contribution in [2.45, 2.75) is 23.6 Å². The van der Waals surface area contributed by atoms with Crippen molar-refractivity contribution in [1.82, 2.24) is 0 Å². The normalized spacial score (nSPS) is 11.2. The van der Waals surface area contributed by atoms with Gasteiger partial charge in [-0.15, -0.1) is 11.8 Å². The van der Waals surface area contributed by atoms with Crippen LogP contribution in [0.4, 0.5) is 5.69 Å². The van der Waals surface area contributed by atoms with Crippen molar-refractivity contribution in [3.05, 3.63) is 54.1 Å². The number of Topliss-reactive ketones (excluding diaryl/α,β-unsaturated/α-hetero) is 1. The van der Waals surface area contributed by atoms with Crippen LogP contribution in [0.1, 0.15) is 24.2 Å². The van der Waals surface area contributed by atoms with Crippen LogP contribution in [0, 0.1) is 0 Å². The summed E-state index contributed by atoms with van der Waals surface area (Å²) in [6.45, 7) is 3.46. The highest BCUT2D eigenvalue weighted by atomic mass is 32.2. The second-order valence-corrected chi connectivity index (χ2v) is 7.67. The zero-order chi connectivity index (χ0) is 16.2. The van der Waals surface area contributed by atoms with Crippen LogP contribution < -0.4 is 4.72 Å². The molecule has 2 aromatic rings. The number of ketones is 1. The molecule has 0 aromatic heterocycles. The van der Waals surface area contributed by atoms with Crippen molar-refractivity contribution in [2.24, 2.45) is 0 Å². The number of rotatable bonds is 6. The van der Waals surface area contributed by atoms with E-state index in [1.54, 1.807) is 36.0 Å². The summed E-state index contributed by atoms with van der Waals surface area (Å²) in [5.74, 6) is 0.793. The second-order valence-electron chi connectivity index (χ2n) is 4.65. The summed E-state index contributed by atoms with van der Waals surface area (Å²) in [6, 6.07) is 13.2. The molecule has 6 heteroatoms. The number of hydrogen-bond donors (Lipinski definition) is 1. The first-order chi connectivity index (χ1) is 10.4. The minimum atomic E-state index is -3.70. The van der Waals surface area contributed by atoms with Crippen LogP contribution >= 0.6 is 11.8 Å². The third kappa shape index (κ3) is 4.11. The molecule has 0 atom stereocenters. The molecule has 1 N–H and O–H groups in total. The van der Waals surface area contributed by atoms with Crippen LogP contribution in [-0.2, 0) is 10.0 Å². The fourth-order valence-electron chi connectivity index (χ4n) is 1.88. The Kier molecular flexibility index (Phi) is 5.26. The number of nitrogens with one attached hydrogen (secondary N) is 1. The van der Waals surface area contributed by atoms with E-state index >= 15 is 0 Å². The molecule has 116 valence electrons. The van der Waals surface area contributed by atoms with Crippen LogP contribution in [0.25, 0.3) is 0 Å². The summed E-state index contributed by atoms with van der Waals surface area (Å²) in [7, 11) is -3.70. The first kappa shape index (κ1) is 16.6. The smallest absolute Gasteiger partial charge is 0.261 e. The van der Waals surface area contributed by atoms with Crippen molar-refractivity contribution in [1.29, 1.82) is 0 Å². The van der Waals surface area contributed by atoms with Crippen molar-refractivity contribution in [3.8, 4) is 0 Å². The number of thioether (sulfide) groups is 1. The molecule has 2 aromatic carbocycles. The molecular formula is C16H17NO3S2. The third-order valence-electron chi connectivity index (χ3n) is 2.97. The fourth-order valence-corrected chi connectivity index (χ4v) is 3.65. The molecule has 22 heavy (non-hydrogen) atoms. The summed E-state index contributed by atoms with van der Waals surface area (Å²) < 4.78 is 27.2. The summed E-state index contributed by atoms with van der Waals surface area (Å²) in [5, 5.41) is 0. The quantitative estimate of drug-likeness (QED) is 0.644. The van der Waals surface area contributed by atoms with E-state index in [1.807, 2.05) is 12.1 Å². The Hall–Kier alpha value is -1.79. The average Bonchev–Trinajstić information content (AvgIpc) is 2.49. The molecule has 0 aliphatic rings. The summed E-state index contributed by atoms with van der Waals surface area (Å²) in [6.07, 6.45) is 0. The highest BCUT2D eigenvalue weighted by molar-refractivity contribution is 7.99. The highest BCUT2D eigenvalue weighted by Crippen LogP contribution is 2.22. The summed E-state index contributed by atoms with van der Waals surface area (Å²) in [4.78, 5) is 12.5. The average molecular weight is 335 g/mol. The van der Waals surface area contributed by atoms with Crippen LogP contribution in [0.2, 0.25) is 0 Å². The molecule has 0 fully saturated rings. The lowest BCUT2D eigenvalue weighted by atomic mass is 10.2. The topological polar surface area (TPSA) is 63.2 Å². The maximum atomic E-state index is 12.4. The Balaban J connectivity index is 2.23. The maximum Gasteiger partial charge on any atom is 0.261 e. The van der Waals surface area contributed by atoms with Gasteiger partial charge in [-0.3, -0.25) is 9.52 Å². The number of benzene rings is 2.